The summed E-state index contributed by atoms with van der Waals surface area (Å²) in [5.41, 5.74) is 3.24. The van der Waals surface area contributed by atoms with Gasteiger partial charge in [-0.25, -0.2) is 0 Å². The third kappa shape index (κ3) is 5.50. The van der Waals surface area contributed by atoms with E-state index >= 15 is 0 Å². The van der Waals surface area contributed by atoms with Crippen LogP contribution in [0, 0.1) is 10.8 Å². The molecule has 4 unspecified atom stereocenters. The molecular weight excluding hydrogens is 595 g/mol. The second kappa shape index (κ2) is 12.8. The van der Waals surface area contributed by atoms with Crippen LogP contribution in [0.5, 0.6) is 0 Å². The largest absolute Gasteiger partial charge is 0.481 e. The van der Waals surface area contributed by atoms with Crippen LogP contribution in [0.1, 0.15) is 67.7 Å². The Bertz CT molecular complexity index is 1490. The lowest BCUT2D eigenvalue weighted by molar-refractivity contribution is -0.176. The molecule has 0 aromatic heterocycles. The number of rotatable bonds is 9. The lowest BCUT2D eigenvalue weighted by Crippen LogP contribution is -2.73. The number of nitrogens with one attached hydrogen (secondary N) is 1. The van der Waals surface area contributed by atoms with Gasteiger partial charge in [-0.2, -0.15) is 13.2 Å². The molecule has 0 spiro atoms. The van der Waals surface area contributed by atoms with E-state index < -0.39 is 52.6 Å². The van der Waals surface area contributed by atoms with Crippen LogP contribution >= 0.6 is 0 Å². The van der Waals surface area contributed by atoms with E-state index in [0.717, 1.165) is 18.9 Å². The third-order valence-corrected chi connectivity index (χ3v) is 11.0. The fourth-order valence-corrected chi connectivity index (χ4v) is 8.39. The predicted molar refractivity (Wildman–Crippen MR) is 169 cm³/mol. The summed E-state index contributed by atoms with van der Waals surface area (Å²) < 4.78 is 43.5. The number of carboxylic acids is 2. The predicted octanol–water partition coefficient (Wildman–Crippen LogP) is 6.09. The highest BCUT2D eigenvalue weighted by molar-refractivity contribution is 5.84. The van der Waals surface area contributed by atoms with Gasteiger partial charge in [0.05, 0.1) is 17.1 Å². The van der Waals surface area contributed by atoms with Crippen molar-refractivity contribution in [2.45, 2.75) is 69.2 Å². The third-order valence-electron chi connectivity index (χ3n) is 11.0. The highest BCUT2D eigenvalue weighted by Gasteiger charge is 2.67. The molecule has 3 aromatic carbocycles. The first-order valence-electron chi connectivity index (χ1n) is 15.8. The molecule has 0 amide bonds. The molecule has 246 valence electrons. The first-order valence-corrected chi connectivity index (χ1v) is 15.8. The Morgan fingerprint density at radius 2 is 1.37 bits per heavy atom. The van der Waals surface area contributed by atoms with Gasteiger partial charge in [-0.15, -0.1) is 0 Å². The Morgan fingerprint density at radius 1 is 0.870 bits per heavy atom. The van der Waals surface area contributed by atoms with Crippen LogP contribution in [-0.4, -0.2) is 58.9 Å². The number of piperidine rings is 2. The van der Waals surface area contributed by atoms with Crippen molar-refractivity contribution in [2.24, 2.45) is 16.6 Å². The van der Waals surface area contributed by atoms with Crippen LogP contribution in [-0.2, 0) is 21.2 Å². The summed E-state index contributed by atoms with van der Waals surface area (Å²) in [7, 11) is 0. The van der Waals surface area contributed by atoms with E-state index in [-0.39, 0.29) is 30.4 Å². The monoisotopic (exact) mass is 637 g/mol. The maximum atomic E-state index is 14.5. The Hall–Kier alpha value is -3.73. The highest BCUT2D eigenvalue weighted by Crippen LogP contribution is 2.59. The molecule has 7 nitrogen and oxygen atoms in total. The van der Waals surface area contributed by atoms with Gasteiger partial charge in [0.2, 0.25) is 0 Å². The summed E-state index contributed by atoms with van der Waals surface area (Å²) in [5, 5.41) is 24.7. The van der Waals surface area contributed by atoms with E-state index in [4.69, 9.17) is 5.73 Å². The smallest absolute Gasteiger partial charge is 0.416 e. The lowest BCUT2D eigenvalue weighted by atomic mass is 9.50. The first-order chi connectivity index (χ1) is 21.8. The summed E-state index contributed by atoms with van der Waals surface area (Å²) in [6.07, 6.45) is -4.84. The maximum Gasteiger partial charge on any atom is 0.416 e. The van der Waals surface area contributed by atoms with Gasteiger partial charge in [-0.3, -0.25) is 14.9 Å². The molecule has 46 heavy (non-hydrogen) atoms. The Balaban J connectivity index is 1.54. The minimum atomic E-state index is -4.83. The van der Waals surface area contributed by atoms with Crippen molar-refractivity contribution in [1.29, 1.82) is 0 Å². The Labute approximate surface area is 267 Å². The molecule has 0 radical (unpaired) electrons. The molecular formula is C36H42F3N3O4. The molecule has 5 N–H and O–H groups in total. The zero-order valence-electron chi connectivity index (χ0n) is 26.1. The van der Waals surface area contributed by atoms with Gasteiger partial charge >= 0.3 is 18.1 Å². The van der Waals surface area contributed by atoms with Crippen molar-refractivity contribution in [2.75, 3.05) is 19.6 Å². The maximum absolute atomic E-state index is 14.5. The average Bonchev–Trinajstić information content (AvgIpc) is 3.04. The van der Waals surface area contributed by atoms with Crippen molar-refractivity contribution in [1.82, 2.24) is 10.2 Å². The van der Waals surface area contributed by atoms with Gasteiger partial charge in [0.25, 0.3) is 0 Å². The minimum absolute atomic E-state index is 0.0707. The molecule has 2 aliphatic heterocycles. The summed E-state index contributed by atoms with van der Waals surface area (Å²) in [6, 6.07) is 24.4. The quantitative estimate of drug-likeness (QED) is 0.225. The number of carbonyl (C=O) groups is 2. The molecule has 0 bridgehead atoms. The van der Waals surface area contributed by atoms with Gasteiger partial charge in [-0.05, 0) is 75.0 Å². The van der Waals surface area contributed by atoms with E-state index in [1.165, 1.54) is 29.3 Å². The van der Waals surface area contributed by atoms with E-state index in [1.807, 2.05) is 36.4 Å². The molecule has 0 aliphatic carbocycles. The number of carboxylic acid groups (broad SMARTS) is 2. The van der Waals surface area contributed by atoms with Gasteiger partial charge < -0.3 is 20.8 Å². The Kier molecular flexibility index (Phi) is 9.37. The lowest BCUT2D eigenvalue weighted by Gasteiger charge is -2.57. The normalized spacial score (nSPS) is 28.4. The highest BCUT2D eigenvalue weighted by atomic mass is 19.4. The SMILES string of the molecule is CCC1(C(=O)O)C(N)NC(C)C(CCN2CCC(c3ccccc3)(c3ccccc3)CC2)(C(=O)O)[C@H]1c1ccccc1C(F)(F)F. The van der Waals surface area contributed by atoms with Crippen molar-refractivity contribution in [3.05, 3.63) is 107 Å². The molecule has 3 aromatic rings. The number of hydrogen-bond acceptors (Lipinski definition) is 5. The number of aliphatic carboxylic acids is 2. The number of nitrogens with two attached hydrogens (primary N) is 1. The van der Waals surface area contributed by atoms with Crippen LogP contribution in [0.2, 0.25) is 0 Å². The molecule has 5 atom stereocenters. The van der Waals surface area contributed by atoms with Crippen molar-refractivity contribution in [3.63, 3.8) is 0 Å². The standard InChI is InChI=1S/C36H42F3N3O4/c1-3-34(31(43)44)29(27-16-10-11-17-28(27)36(37,38)39)35(32(45)46,24(2)41-30(34)40)20-23-42-21-18-33(19-22-42,25-12-6-4-7-13-25)26-14-8-5-9-15-26/h4-17,24,29-30,41H,3,18-23,40H2,1-2H3,(H,43,44)(H,45,46)/t24?,29-,30?,34?,35?/m0/s1. The molecule has 2 saturated heterocycles. The molecule has 5 rings (SSSR count). The van der Waals surface area contributed by atoms with Crippen LogP contribution in [0.25, 0.3) is 0 Å². The van der Waals surface area contributed by atoms with Gasteiger partial charge in [0.15, 0.2) is 0 Å². The van der Waals surface area contributed by atoms with Gasteiger partial charge in [0, 0.05) is 17.4 Å². The summed E-state index contributed by atoms with van der Waals surface area (Å²) in [6.45, 7) is 4.64. The van der Waals surface area contributed by atoms with Crippen molar-refractivity contribution >= 4 is 11.9 Å². The average molecular weight is 638 g/mol. The molecule has 2 heterocycles. The van der Waals surface area contributed by atoms with Gasteiger partial charge in [0.1, 0.15) is 5.41 Å². The fraction of sp³-hybridized carbons (Fsp3) is 0.444. The fourth-order valence-electron chi connectivity index (χ4n) is 8.39. The number of alkyl halides is 3. The molecule has 2 aliphatic rings. The van der Waals surface area contributed by atoms with E-state index in [2.05, 4.69) is 34.5 Å². The summed E-state index contributed by atoms with van der Waals surface area (Å²) in [4.78, 5) is 28.8. The summed E-state index contributed by atoms with van der Waals surface area (Å²) in [5.74, 6) is -4.34. The van der Waals surface area contributed by atoms with Crippen LogP contribution < -0.4 is 11.1 Å². The molecule has 0 saturated carbocycles. The molecule has 10 heteroatoms. The van der Waals surface area contributed by atoms with Crippen LogP contribution in [0.15, 0.2) is 84.9 Å². The number of hydrogen-bond donors (Lipinski definition) is 4. The minimum Gasteiger partial charge on any atom is -0.481 e. The first kappa shape index (κ1) is 33.6. The van der Waals surface area contributed by atoms with E-state index in [0.29, 0.717) is 13.1 Å². The Morgan fingerprint density at radius 3 is 1.85 bits per heavy atom. The molecule has 2 fully saturated rings. The number of nitrogens with zero attached hydrogens (tertiary/aromatic N) is 1. The van der Waals surface area contributed by atoms with Crippen molar-refractivity contribution < 1.29 is 33.0 Å². The zero-order valence-corrected chi connectivity index (χ0v) is 26.1. The van der Waals surface area contributed by atoms with Crippen molar-refractivity contribution in [3.8, 4) is 0 Å². The van der Waals surface area contributed by atoms with Crippen LogP contribution in [0.3, 0.4) is 0 Å². The summed E-state index contributed by atoms with van der Waals surface area (Å²) >= 11 is 0. The van der Waals surface area contributed by atoms with E-state index in [1.54, 1.807) is 13.8 Å². The zero-order chi connectivity index (χ0) is 33.3. The topological polar surface area (TPSA) is 116 Å². The number of halogens is 3. The second-order valence-electron chi connectivity index (χ2n) is 12.8. The van der Waals surface area contributed by atoms with Gasteiger partial charge in [-0.1, -0.05) is 85.8 Å². The number of benzene rings is 3. The second-order valence-corrected chi connectivity index (χ2v) is 12.8. The van der Waals surface area contributed by atoms with E-state index in [9.17, 15) is 33.0 Å². The number of likely N-dealkylation sites (tertiary alicyclic amines) is 1. The van der Waals surface area contributed by atoms with Crippen LogP contribution in [0.4, 0.5) is 13.2 Å².